The molecule has 1 amide bonds. The van der Waals surface area contributed by atoms with Gasteiger partial charge in [0.25, 0.3) is 0 Å². The third-order valence-electron chi connectivity index (χ3n) is 4.95. The second kappa shape index (κ2) is 7.22. The molecule has 22 heavy (non-hydrogen) atoms. The van der Waals surface area contributed by atoms with Crippen molar-refractivity contribution in [1.82, 2.24) is 16.2 Å². The fourth-order valence-corrected chi connectivity index (χ4v) is 3.73. The Morgan fingerprint density at radius 3 is 2.91 bits per heavy atom. The Balaban J connectivity index is 1.61. The van der Waals surface area contributed by atoms with E-state index >= 15 is 0 Å². The highest BCUT2D eigenvalue weighted by Gasteiger charge is 2.35. The quantitative estimate of drug-likeness (QED) is 0.651. The van der Waals surface area contributed by atoms with Gasteiger partial charge in [-0.3, -0.25) is 15.6 Å². The smallest absolute Gasteiger partial charge is 0.227 e. The van der Waals surface area contributed by atoms with Crippen LogP contribution in [0.25, 0.3) is 0 Å². The number of benzene rings is 1. The second-order valence-corrected chi connectivity index (χ2v) is 6.45. The van der Waals surface area contributed by atoms with Crippen LogP contribution in [0.15, 0.2) is 30.3 Å². The molecule has 1 aliphatic carbocycles. The lowest BCUT2D eigenvalue weighted by atomic mass is 9.82. The topological polar surface area (TPSA) is 79.2 Å². The van der Waals surface area contributed by atoms with Crippen LogP contribution < -0.4 is 21.9 Å². The molecular formula is C17H26N4O. The number of carbonyl (C=O) groups is 1. The zero-order chi connectivity index (χ0) is 15.4. The fraction of sp³-hybridized carbons (Fsp3) is 0.588. The Morgan fingerprint density at radius 1 is 1.32 bits per heavy atom. The lowest BCUT2D eigenvalue weighted by Gasteiger charge is -2.32. The van der Waals surface area contributed by atoms with Crippen molar-refractivity contribution in [3.8, 4) is 0 Å². The van der Waals surface area contributed by atoms with E-state index in [1.165, 1.54) is 0 Å². The minimum Gasteiger partial charge on any atom is -0.353 e. The van der Waals surface area contributed by atoms with Crippen LogP contribution in [-0.2, 0) is 4.79 Å². The summed E-state index contributed by atoms with van der Waals surface area (Å²) in [5.74, 6) is 0.617. The van der Waals surface area contributed by atoms with E-state index in [9.17, 15) is 4.79 Å². The molecule has 5 heteroatoms. The molecule has 4 unspecified atom stereocenters. The van der Waals surface area contributed by atoms with Crippen LogP contribution in [0.1, 0.15) is 37.2 Å². The molecule has 120 valence electrons. The predicted octanol–water partition coefficient (Wildman–Crippen LogP) is 0.880. The van der Waals surface area contributed by atoms with E-state index in [0.717, 1.165) is 31.4 Å². The molecule has 1 aliphatic heterocycles. The van der Waals surface area contributed by atoms with Crippen molar-refractivity contribution in [3.63, 3.8) is 0 Å². The molecule has 2 fully saturated rings. The summed E-state index contributed by atoms with van der Waals surface area (Å²) in [5.41, 5.74) is 13.3. The molecule has 0 aromatic heterocycles. The molecule has 4 atom stereocenters. The van der Waals surface area contributed by atoms with Crippen molar-refractivity contribution in [1.29, 1.82) is 0 Å². The summed E-state index contributed by atoms with van der Waals surface area (Å²) in [6.07, 6.45) is 3.92. The molecule has 1 aromatic carbocycles. The molecule has 1 heterocycles. The molecule has 2 aliphatic rings. The molecule has 1 aromatic rings. The Hall–Kier alpha value is -1.43. The standard InChI is InChI=1S/C17H26N4O/c18-9-8-15(12-4-2-1-3-5-12)17(22)20-14-6-7-16-13(10-14)11-19-21-16/h1-5,13-16,19,21H,6-11,18H2,(H,20,22). The molecule has 3 rings (SSSR count). The summed E-state index contributed by atoms with van der Waals surface area (Å²) in [6.45, 7) is 1.53. The number of hydrogen-bond donors (Lipinski definition) is 4. The zero-order valence-electron chi connectivity index (χ0n) is 12.9. The van der Waals surface area contributed by atoms with E-state index in [-0.39, 0.29) is 11.8 Å². The van der Waals surface area contributed by atoms with Crippen molar-refractivity contribution < 1.29 is 4.79 Å². The van der Waals surface area contributed by atoms with Gasteiger partial charge in [-0.05, 0) is 43.7 Å². The van der Waals surface area contributed by atoms with Gasteiger partial charge in [-0.25, -0.2) is 0 Å². The van der Waals surface area contributed by atoms with Gasteiger partial charge in [0, 0.05) is 18.6 Å². The van der Waals surface area contributed by atoms with Crippen molar-refractivity contribution >= 4 is 5.91 Å². The number of rotatable bonds is 5. The second-order valence-electron chi connectivity index (χ2n) is 6.45. The summed E-state index contributed by atoms with van der Waals surface area (Å²) < 4.78 is 0. The first kappa shape index (κ1) is 15.5. The van der Waals surface area contributed by atoms with E-state index in [4.69, 9.17) is 5.73 Å². The van der Waals surface area contributed by atoms with E-state index in [1.54, 1.807) is 0 Å². The zero-order valence-corrected chi connectivity index (χ0v) is 12.9. The SMILES string of the molecule is NCCC(C(=O)NC1CCC2NNCC2C1)c1ccccc1. The van der Waals surface area contributed by atoms with Crippen LogP contribution >= 0.6 is 0 Å². The largest absolute Gasteiger partial charge is 0.353 e. The van der Waals surface area contributed by atoms with Gasteiger partial charge in [-0.15, -0.1) is 0 Å². The Morgan fingerprint density at radius 2 is 2.14 bits per heavy atom. The highest BCUT2D eigenvalue weighted by atomic mass is 16.1. The van der Waals surface area contributed by atoms with Crippen LogP contribution in [-0.4, -0.2) is 31.1 Å². The summed E-state index contributed by atoms with van der Waals surface area (Å²) in [7, 11) is 0. The van der Waals surface area contributed by atoms with Gasteiger partial charge in [-0.2, -0.15) is 0 Å². The summed E-state index contributed by atoms with van der Waals surface area (Å²) >= 11 is 0. The Labute approximate surface area is 132 Å². The van der Waals surface area contributed by atoms with Gasteiger partial charge >= 0.3 is 0 Å². The van der Waals surface area contributed by atoms with Crippen LogP contribution in [0.4, 0.5) is 0 Å². The number of amides is 1. The maximum Gasteiger partial charge on any atom is 0.227 e. The number of nitrogens with two attached hydrogens (primary N) is 1. The van der Waals surface area contributed by atoms with Crippen molar-refractivity contribution in [2.75, 3.05) is 13.1 Å². The van der Waals surface area contributed by atoms with Crippen LogP contribution in [0.3, 0.4) is 0 Å². The molecule has 0 bridgehead atoms. The van der Waals surface area contributed by atoms with Gasteiger partial charge in [0.1, 0.15) is 0 Å². The third kappa shape index (κ3) is 3.48. The molecule has 0 spiro atoms. The minimum absolute atomic E-state index is 0.124. The van der Waals surface area contributed by atoms with E-state index in [2.05, 4.69) is 16.2 Å². The molecular weight excluding hydrogens is 276 g/mol. The minimum atomic E-state index is -0.135. The lowest BCUT2D eigenvalue weighted by Crippen LogP contribution is -2.45. The summed E-state index contributed by atoms with van der Waals surface area (Å²) in [4.78, 5) is 12.7. The number of fused-ring (bicyclic) bond motifs is 1. The number of hydrogen-bond acceptors (Lipinski definition) is 4. The normalized spacial score (nSPS) is 28.9. The highest BCUT2D eigenvalue weighted by Crippen LogP contribution is 2.27. The maximum atomic E-state index is 12.7. The molecule has 1 saturated carbocycles. The average molecular weight is 302 g/mol. The van der Waals surface area contributed by atoms with E-state index in [0.29, 0.717) is 31.0 Å². The first-order valence-electron chi connectivity index (χ1n) is 8.31. The van der Waals surface area contributed by atoms with Gasteiger partial charge in [0.05, 0.1) is 5.92 Å². The summed E-state index contributed by atoms with van der Waals surface area (Å²) in [6, 6.07) is 10.8. The summed E-state index contributed by atoms with van der Waals surface area (Å²) in [5, 5.41) is 3.26. The number of carbonyl (C=O) groups excluding carboxylic acids is 1. The van der Waals surface area contributed by atoms with Crippen LogP contribution in [0, 0.1) is 5.92 Å². The van der Waals surface area contributed by atoms with Gasteiger partial charge < -0.3 is 11.1 Å². The van der Waals surface area contributed by atoms with E-state index in [1.807, 2.05) is 30.3 Å². The Bertz CT molecular complexity index is 493. The highest BCUT2D eigenvalue weighted by molar-refractivity contribution is 5.83. The lowest BCUT2D eigenvalue weighted by molar-refractivity contribution is -0.123. The first-order chi connectivity index (χ1) is 10.8. The maximum absolute atomic E-state index is 12.7. The molecule has 0 radical (unpaired) electrons. The van der Waals surface area contributed by atoms with Crippen LogP contribution in [0.2, 0.25) is 0 Å². The van der Waals surface area contributed by atoms with Crippen molar-refractivity contribution in [2.45, 2.75) is 43.7 Å². The first-order valence-corrected chi connectivity index (χ1v) is 8.31. The van der Waals surface area contributed by atoms with Gasteiger partial charge in [-0.1, -0.05) is 30.3 Å². The monoisotopic (exact) mass is 302 g/mol. The molecule has 1 saturated heterocycles. The fourth-order valence-electron chi connectivity index (χ4n) is 3.73. The number of hydrazine groups is 1. The van der Waals surface area contributed by atoms with Crippen molar-refractivity contribution in [2.24, 2.45) is 11.7 Å². The predicted molar refractivity (Wildman–Crippen MR) is 87.1 cm³/mol. The van der Waals surface area contributed by atoms with Gasteiger partial charge in [0.15, 0.2) is 0 Å². The third-order valence-corrected chi connectivity index (χ3v) is 4.95. The van der Waals surface area contributed by atoms with Crippen molar-refractivity contribution in [3.05, 3.63) is 35.9 Å². The molecule has 5 nitrogen and oxygen atoms in total. The van der Waals surface area contributed by atoms with Gasteiger partial charge in [0.2, 0.25) is 5.91 Å². The van der Waals surface area contributed by atoms with E-state index < -0.39 is 0 Å². The Kier molecular flexibility index (Phi) is 5.08. The number of nitrogens with one attached hydrogen (secondary N) is 3. The van der Waals surface area contributed by atoms with Crippen LogP contribution in [0.5, 0.6) is 0 Å². The average Bonchev–Trinajstić information content (AvgIpc) is 3.01. The molecule has 5 N–H and O–H groups in total.